The smallest absolute Gasteiger partial charge is 0.240 e. The van der Waals surface area contributed by atoms with Crippen molar-refractivity contribution in [2.75, 3.05) is 11.9 Å². The molecule has 3 N–H and O–H groups in total. The van der Waals surface area contributed by atoms with E-state index in [1.807, 2.05) is 36.4 Å². The van der Waals surface area contributed by atoms with Crippen molar-refractivity contribution in [2.24, 2.45) is 0 Å². The molecule has 1 amide bonds. The largest absolute Gasteiger partial charge is 0.396 e. The van der Waals surface area contributed by atoms with Crippen LogP contribution < -0.4 is 10.0 Å². The van der Waals surface area contributed by atoms with Gasteiger partial charge in [0.05, 0.1) is 10.1 Å². The molecule has 1 saturated carbocycles. The Labute approximate surface area is 266 Å². The molecule has 0 unspecified atom stereocenters. The van der Waals surface area contributed by atoms with Gasteiger partial charge in [-0.3, -0.25) is 4.79 Å². The van der Waals surface area contributed by atoms with Crippen molar-refractivity contribution in [1.29, 1.82) is 0 Å². The molecule has 1 fully saturated rings. The average molecular weight is 639 g/mol. The normalized spacial score (nSPS) is 17.0. The molecule has 0 radical (unpaired) electrons. The van der Waals surface area contributed by atoms with Gasteiger partial charge >= 0.3 is 0 Å². The molecule has 0 saturated heterocycles. The Bertz CT molecular complexity index is 1370. The fraction of sp³-hybridized carbons (Fsp3) is 0.472. The summed E-state index contributed by atoms with van der Waals surface area (Å²) in [6, 6.07) is 26.8. The number of aliphatic hydroxyl groups excluding tert-OH is 1. The summed E-state index contributed by atoms with van der Waals surface area (Å²) in [6.45, 7) is 6.39. The van der Waals surface area contributed by atoms with Gasteiger partial charge in [0.15, 0.2) is 0 Å². The molecule has 0 spiro atoms. The molecule has 3 aromatic rings. The number of hydrogen-bond acceptors (Lipinski definition) is 4. The molecule has 44 heavy (non-hydrogen) atoms. The Morgan fingerprint density at radius 3 is 1.68 bits per heavy atom. The molecule has 1 aliphatic rings. The second kappa shape index (κ2) is 15.6. The minimum absolute atomic E-state index is 0.0545. The molecule has 0 aromatic heterocycles. The number of carbonyl (C=O) groups excluding carboxylic acids is 1. The van der Waals surface area contributed by atoms with Gasteiger partial charge in [-0.05, 0) is 77.6 Å². The first-order chi connectivity index (χ1) is 21.1. The predicted molar refractivity (Wildman–Crippen MR) is 183 cm³/mol. The Morgan fingerprint density at radius 2 is 1.23 bits per heavy atom. The van der Waals surface area contributed by atoms with Crippen LogP contribution in [0.1, 0.15) is 85.0 Å². The molecular formula is C36H50N2O4S2. The number of benzene rings is 3. The van der Waals surface area contributed by atoms with Crippen LogP contribution in [0.5, 0.6) is 0 Å². The quantitative estimate of drug-likeness (QED) is 0.208. The van der Waals surface area contributed by atoms with Crippen LogP contribution in [0.4, 0.5) is 5.69 Å². The molecular weight excluding hydrogens is 589 g/mol. The van der Waals surface area contributed by atoms with Gasteiger partial charge in [-0.15, -0.1) is 0 Å². The molecule has 8 heteroatoms. The summed E-state index contributed by atoms with van der Waals surface area (Å²) < 4.78 is 29.3. The summed E-state index contributed by atoms with van der Waals surface area (Å²) in [5.74, 6) is -0.188. The highest BCUT2D eigenvalue weighted by molar-refractivity contribution is 8.35. The van der Waals surface area contributed by atoms with E-state index in [1.165, 1.54) is 19.3 Å². The van der Waals surface area contributed by atoms with Gasteiger partial charge in [0.25, 0.3) is 0 Å². The number of rotatable bonds is 10. The lowest BCUT2D eigenvalue weighted by molar-refractivity contribution is -0.116. The van der Waals surface area contributed by atoms with Crippen molar-refractivity contribution in [1.82, 2.24) is 4.72 Å². The lowest BCUT2D eigenvalue weighted by Crippen LogP contribution is -2.42. The van der Waals surface area contributed by atoms with Crippen LogP contribution in [0.25, 0.3) is 0 Å². The third kappa shape index (κ3) is 8.13. The predicted octanol–water partition coefficient (Wildman–Crippen LogP) is 8.27. The van der Waals surface area contributed by atoms with E-state index in [2.05, 4.69) is 55.1 Å². The molecule has 0 bridgehead atoms. The van der Waals surface area contributed by atoms with Gasteiger partial charge in [-0.2, -0.15) is 10.0 Å². The Kier molecular flexibility index (Phi) is 12.1. The first kappa shape index (κ1) is 34.2. The summed E-state index contributed by atoms with van der Waals surface area (Å²) in [7, 11) is -5.71. The van der Waals surface area contributed by atoms with Gasteiger partial charge in [0.1, 0.15) is 0 Å². The van der Waals surface area contributed by atoms with E-state index in [9.17, 15) is 18.3 Å². The van der Waals surface area contributed by atoms with Crippen LogP contribution in [0.15, 0.2) is 99.6 Å². The zero-order valence-corrected chi connectivity index (χ0v) is 28.1. The third-order valence-corrected chi connectivity index (χ3v) is 15.5. The zero-order chi connectivity index (χ0) is 31.6. The number of amides is 1. The number of hydrogen-bond donors (Lipinski definition) is 3. The summed E-state index contributed by atoms with van der Waals surface area (Å²) in [4.78, 5) is 16.6. The highest BCUT2D eigenvalue weighted by atomic mass is 32.3. The summed E-state index contributed by atoms with van der Waals surface area (Å²) in [6.07, 6.45) is 10.1. The van der Waals surface area contributed by atoms with E-state index in [0.717, 1.165) is 48.3 Å². The van der Waals surface area contributed by atoms with Crippen LogP contribution in [-0.2, 0) is 14.8 Å². The van der Waals surface area contributed by atoms with Crippen LogP contribution in [-0.4, -0.2) is 42.1 Å². The van der Waals surface area contributed by atoms with Crippen LogP contribution in [0.2, 0.25) is 0 Å². The molecule has 4 rings (SSSR count). The van der Waals surface area contributed by atoms with Crippen molar-refractivity contribution >= 4 is 31.6 Å². The average Bonchev–Trinajstić information content (AvgIpc) is 3.01. The van der Waals surface area contributed by atoms with Gasteiger partial charge in [-0.25, -0.2) is 13.1 Å². The third-order valence-electron chi connectivity index (χ3n) is 8.67. The molecule has 0 heterocycles. The minimum atomic E-state index is -3.69. The Hall–Kier alpha value is -2.65. The lowest BCUT2D eigenvalue weighted by Gasteiger charge is -2.55. The monoisotopic (exact) mass is 638 g/mol. The number of aliphatic hydroxyl groups is 1. The molecule has 1 aliphatic carbocycles. The van der Waals surface area contributed by atoms with Crippen LogP contribution in [0.3, 0.4) is 0 Å². The van der Waals surface area contributed by atoms with Crippen molar-refractivity contribution in [3.63, 3.8) is 0 Å². The Morgan fingerprint density at radius 1 is 0.750 bits per heavy atom. The van der Waals surface area contributed by atoms with E-state index in [1.54, 1.807) is 24.3 Å². The van der Waals surface area contributed by atoms with E-state index in [4.69, 9.17) is 0 Å². The van der Waals surface area contributed by atoms with E-state index in [0.29, 0.717) is 12.1 Å². The Balaban J connectivity index is 1.60. The van der Waals surface area contributed by atoms with Crippen molar-refractivity contribution in [3.8, 4) is 0 Å². The maximum absolute atomic E-state index is 14.3. The number of carbonyl (C=O) groups is 1. The summed E-state index contributed by atoms with van der Waals surface area (Å²) in [5.41, 5.74) is 0.527. The maximum atomic E-state index is 14.3. The number of sulfonamides is 1. The zero-order valence-electron chi connectivity index (χ0n) is 26.5. The van der Waals surface area contributed by atoms with E-state index in [-0.39, 0.29) is 28.2 Å². The first-order valence-electron chi connectivity index (χ1n) is 16.1. The van der Waals surface area contributed by atoms with Crippen LogP contribution >= 0.6 is 10.0 Å². The van der Waals surface area contributed by atoms with Crippen molar-refractivity contribution in [2.45, 2.75) is 116 Å². The molecule has 6 nitrogen and oxygen atoms in total. The topological polar surface area (TPSA) is 95.5 Å². The highest BCUT2D eigenvalue weighted by Gasteiger charge is 2.48. The van der Waals surface area contributed by atoms with Gasteiger partial charge < -0.3 is 10.4 Å². The van der Waals surface area contributed by atoms with Gasteiger partial charge in [0, 0.05) is 23.1 Å². The fourth-order valence-corrected chi connectivity index (χ4v) is 13.1. The SMILES string of the molecule is CC(C)(C)S(c1ccccc1)(c1ccccc1)[C@@H](CCO)C(=O)Nc1ccc(S(=O)(=O)NC2CCCCCCCCC2)cc1. The molecule has 3 aromatic carbocycles. The van der Waals surface area contributed by atoms with Crippen molar-refractivity contribution in [3.05, 3.63) is 84.9 Å². The standard InChI is InChI=1S/C36H50N2O4S2/c1-36(2,3)43(31-19-13-9-14-20-31,32-21-15-10-16-22-32)34(27-28-39)35(40)37-29-23-25-33(26-24-29)44(41,42)38-30-17-11-7-5-4-6-8-12-18-30/h9-10,13-16,19-26,30,34,38-39H,4-8,11-12,17-18,27-28H2,1-3H3,(H,37,40)/t34-/m0/s1. The second-order valence-corrected chi connectivity index (χ2v) is 18.6. The van der Waals surface area contributed by atoms with Crippen molar-refractivity contribution < 1.29 is 18.3 Å². The minimum Gasteiger partial charge on any atom is -0.396 e. The molecule has 0 aliphatic heterocycles. The van der Waals surface area contributed by atoms with Gasteiger partial charge in [-0.1, -0.05) is 102 Å². The maximum Gasteiger partial charge on any atom is 0.240 e. The molecule has 240 valence electrons. The lowest BCUT2D eigenvalue weighted by atomic mass is 9.98. The fourth-order valence-electron chi connectivity index (χ4n) is 6.61. The first-order valence-corrected chi connectivity index (χ1v) is 19.2. The highest BCUT2D eigenvalue weighted by Crippen LogP contribution is 2.74. The molecule has 1 atom stereocenters. The number of anilines is 1. The van der Waals surface area contributed by atoms with Crippen LogP contribution in [0, 0.1) is 0 Å². The second-order valence-electron chi connectivity index (χ2n) is 12.8. The summed E-state index contributed by atoms with van der Waals surface area (Å²) >= 11 is 0. The van der Waals surface area contributed by atoms with E-state index < -0.39 is 25.3 Å². The van der Waals surface area contributed by atoms with Gasteiger partial charge in [0.2, 0.25) is 15.9 Å². The summed E-state index contributed by atoms with van der Waals surface area (Å²) in [5, 5.41) is 12.8. The number of nitrogens with one attached hydrogen (secondary N) is 2. The van der Waals surface area contributed by atoms with E-state index >= 15 is 0 Å².